The summed E-state index contributed by atoms with van der Waals surface area (Å²) in [4.78, 5) is 27.4. The largest absolute Gasteiger partial charge is 0.481 e. The van der Waals surface area contributed by atoms with Crippen molar-refractivity contribution in [3.05, 3.63) is 58.1 Å². The van der Waals surface area contributed by atoms with Gasteiger partial charge in [0.05, 0.1) is 17.1 Å². The number of benzene rings is 2. The van der Waals surface area contributed by atoms with Gasteiger partial charge in [-0.2, -0.15) is 0 Å². The van der Waals surface area contributed by atoms with Crippen LogP contribution in [0.2, 0.25) is 10.0 Å². The van der Waals surface area contributed by atoms with E-state index in [9.17, 15) is 14.7 Å². The third-order valence-electron chi connectivity index (χ3n) is 4.35. The topological polar surface area (TPSA) is 60.9 Å². The SMILES string of the molecule is Cc1ccc(N2CC(CC(=O)O)CN(c3ccc(Cl)cc3Cl)C2=O)cc1. The third-order valence-corrected chi connectivity index (χ3v) is 4.89. The fourth-order valence-corrected chi connectivity index (χ4v) is 3.60. The van der Waals surface area contributed by atoms with E-state index in [0.29, 0.717) is 22.3 Å². The van der Waals surface area contributed by atoms with Gasteiger partial charge in [-0.05, 0) is 37.3 Å². The quantitative estimate of drug-likeness (QED) is 0.809. The fourth-order valence-electron chi connectivity index (χ4n) is 3.09. The molecule has 1 heterocycles. The monoisotopic (exact) mass is 392 g/mol. The standard InChI is InChI=1S/C19H18Cl2N2O3/c1-12-2-5-15(6-3-12)22-10-13(8-18(24)25)11-23(19(22)26)17-7-4-14(20)9-16(17)21/h2-7,9,13H,8,10-11H2,1H3,(H,24,25). The van der Waals surface area contributed by atoms with E-state index in [1.807, 2.05) is 31.2 Å². The summed E-state index contributed by atoms with van der Waals surface area (Å²) in [6.07, 6.45) is -0.0304. The Kier molecular flexibility index (Phi) is 5.39. The van der Waals surface area contributed by atoms with Crippen LogP contribution in [-0.4, -0.2) is 30.2 Å². The molecule has 0 spiro atoms. The zero-order valence-electron chi connectivity index (χ0n) is 14.2. The molecule has 0 saturated carbocycles. The average molecular weight is 393 g/mol. The van der Waals surface area contributed by atoms with Gasteiger partial charge in [-0.3, -0.25) is 14.6 Å². The van der Waals surface area contributed by atoms with Crippen molar-refractivity contribution < 1.29 is 14.7 Å². The van der Waals surface area contributed by atoms with Crippen LogP contribution in [0.4, 0.5) is 16.2 Å². The molecule has 1 atom stereocenters. The Morgan fingerprint density at radius 3 is 2.38 bits per heavy atom. The van der Waals surface area contributed by atoms with Crippen LogP contribution in [0.3, 0.4) is 0 Å². The smallest absolute Gasteiger partial charge is 0.329 e. The zero-order chi connectivity index (χ0) is 18.8. The normalized spacial score (nSPS) is 17.5. The molecule has 1 N–H and O–H groups in total. The first-order valence-corrected chi connectivity index (χ1v) is 8.93. The van der Waals surface area contributed by atoms with Crippen molar-refractivity contribution in [3.63, 3.8) is 0 Å². The lowest BCUT2D eigenvalue weighted by Gasteiger charge is -2.40. The predicted octanol–water partition coefficient (Wildman–Crippen LogP) is 4.84. The molecule has 7 heteroatoms. The van der Waals surface area contributed by atoms with E-state index >= 15 is 0 Å². The van der Waals surface area contributed by atoms with Crippen LogP contribution in [0.1, 0.15) is 12.0 Å². The highest BCUT2D eigenvalue weighted by molar-refractivity contribution is 6.37. The summed E-state index contributed by atoms with van der Waals surface area (Å²) in [6.45, 7) is 2.60. The highest BCUT2D eigenvalue weighted by Gasteiger charge is 2.35. The third kappa shape index (κ3) is 3.94. The van der Waals surface area contributed by atoms with Crippen molar-refractivity contribution in [2.45, 2.75) is 13.3 Å². The number of hydrogen-bond acceptors (Lipinski definition) is 2. The summed E-state index contributed by atoms with van der Waals surface area (Å²) in [5.74, 6) is -1.12. The van der Waals surface area contributed by atoms with E-state index in [2.05, 4.69) is 0 Å². The Bertz CT molecular complexity index is 839. The maximum Gasteiger partial charge on any atom is 0.329 e. The molecule has 136 valence electrons. The Labute approximate surface area is 161 Å². The molecule has 1 aliphatic heterocycles. The number of rotatable bonds is 4. The van der Waals surface area contributed by atoms with E-state index < -0.39 is 5.97 Å². The van der Waals surface area contributed by atoms with Crippen LogP contribution in [0.15, 0.2) is 42.5 Å². The fraction of sp³-hybridized carbons (Fsp3) is 0.263. The van der Waals surface area contributed by atoms with E-state index in [-0.39, 0.29) is 24.9 Å². The van der Waals surface area contributed by atoms with Crippen molar-refractivity contribution in [2.24, 2.45) is 5.92 Å². The van der Waals surface area contributed by atoms with Gasteiger partial charge in [0.2, 0.25) is 0 Å². The second kappa shape index (κ2) is 7.56. The number of carboxylic acid groups (broad SMARTS) is 1. The van der Waals surface area contributed by atoms with Gasteiger partial charge in [-0.15, -0.1) is 0 Å². The zero-order valence-corrected chi connectivity index (χ0v) is 15.7. The predicted molar refractivity (Wildman–Crippen MR) is 103 cm³/mol. The molecule has 1 unspecified atom stereocenters. The maximum absolute atomic E-state index is 13.1. The Balaban J connectivity index is 1.98. The number of carbonyl (C=O) groups excluding carboxylic acids is 1. The molecule has 0 aliphatic carbocycles. The van der Waals surface area contributed by atoms with Gasteiger partial charge in [0.15, 0.2) is 0 Å². The molecule has 0 bridgehead atoms. The number of urea groups is 1. The minimum atomic E-state index is -0.893. The first-order valence-electron chi connectivity index (χ1n) is 8.17. The van der Waals surface area contributed by atoms with Crippen molar-refractivity contribution in [1.82, 2.24) is 0 Å². The van der Waals surface area contributed by atoms with Gasteiger partial charge in [0.25, 0.3) is 0 Å². The summed E-state index contributed by atoms with van der Waals surface area (Å²) >= 11 is 12.2. The molecule has 2 aromatic carbocycles. The molecular weight excluding hydrogens is 375 g/mol. The minimum absolute atomic E-state index is 0.0304. The van der Waals surface area contributed by atoms with Crippen molar-refractivity contribution >= 4 is 46.6 Å². The van der Waals surface area contributed by atoms with Gasteiger partial charge in [-0.1, -0.05) is 40.9 Å². The van der Waals surface area contributed by atoms with Gasteiger partial charge >= 0.3 is 12.0 Å². The average Bonchev–Trinajstić information content (AvgIpc) is 2.57. The second-order valence-corrected chi connectivity index (χ2v) is 7.24. The highest BCUT2D eigenvalue weighted by atomic mass is 35.5. The molecule has 3 rings (SSSR count). The highest BCUT2D eigenvalue weighted by Crippen LogP contribution is 2.34. The molecule has 2 aromatic rings. The molecule has 0 radical (unpaired) electrons. The summed E-state index contributed by atoms with van der Waals surface area (Å²) < 4.78 is 0. The lowest BCUT2D eigenvalue weighted by Crippen LogP contribution is -2.54. The van der Waals surface area contributed by atoms with Gasteiger partial charge < -0.3 is 5.11 Å². The molecule has 1 fully saturated rings. The number of halogens is 2. The summed E-state index contributed by atoms with van der Waals surface area (Å²) in [5, 5.41) is 10.0. The summed E-state index contributed by atoms with van der Waals surface area (Å²) in [7, 11) is 0. The number of hydrogen-bond donors (Lipinski definition) is 1. The minimum Gasteiger partial charge on any atom is -0.481 e. The second-order valence-electron chi connectivity index (χ2n) is 6.40. The van der Waals surface area contributed by atoms with E-state index in [1.54, 1.807) is 23.1 Å². The van der Waals surface area contributed by atoms with Crippen LogP contribution in [-0.2, 0) is 4.79 Å². The van der Waals surface area contributed by atoms with Crippen LogP contribution >= 0.6 is 23.2 Å². The molecule has 1 aliphatic rings. The van der Waals surface area contributed by atoms with Crippen LogP contribution < -0.4 is 9.80 Å². The molecule has 5 nitrogen and oxygen atoms in total. The van der Waals surface area contributed by atoms with Crippen LogP contribution in [0.25, 0.3) is 0 Å². The molecule has 0 aromatic heterocycles. The number of anilines is 2. The van der Waals surface area contributed by atoms with Crippen molar-refractivity contribution in [1.29, 1.82) is 0 Å². The molecule has 2 amide bonds. The first-order chi connectivity index (χ1) is 12.3. The van der Waals surface area contributed by atoms with Crippen LogP contribution in [0, 0.1) is 12.8 Å². The van der Waals surface area contributed by atoms with Gasteiger partial charge in [0, 0.05) is 29.7 Å². The van der Waals surface area contributed by atoms with Crippen LogP contribution in [0.5, 0.6) is 0 Å². The number of carbonyl (C=O) groups is 2. The van der Waals surface area contributed by atoms with E-state index in [1.165, 1.54) is 4.90 Å². The van der Waals surface area contributed by atoms with E-state index in [0.717, 1.165) is 11.3 Å². The maximum atomic E-state index is 13.1. The molecule has 26 heavy (non-hydrogen) atoms. The van der Waals surface area contributed by atoms with Gasteiger partial charge in [-0.25, -0.2) is 4.79 Å². The molecular formula is C19H18Cl2N2O3. The van der Waals surface area contributed by atoms with E-state index in [4.69, 9.17) is 23.2 Å². The number of amides is 2. The first kappa shape index (κ1) is 18.5. The summed E-state index contributed by atoms with van der Waals surface area (Å²) in [6, 6.07) is 12.2. The van der Waals surface area contributed by atoms with Crippen molar-refractivity contribution in [2.75, 3.05) is 22.9 Å². The number of carboxylic acids is 1. The Morgan fingerprint density at radius 1 is 1.12 bits per heavy atom. The molecule has 1 saturated heterocycles. The van der Waals surface area contributed by atoms with Gasteiger partial charge in [0.1, 0.15) is 0 Å². The Hall–Kier alpha value is -2.24. The number of aryl methyl sites for hydroxylation is 1. The number of nitrogens with zero attached hydrogens (tertiary/aromatic N) is 2. The lowest BCUT2D eigenvalue weighted by molar-refractivity contribution is -0.138. The summed E-state index contributed by atoms with van der Waals surface area (Å²) in [5.41, 5.74) is 2.33. The number of aliphatic carboxylic acids is 1. The Morgan fingerprint density at radius 2 is 1.77 bits per heavy atom. The van der Waals surface area contributed by atoms with Crippen molar-refractivity contribution in [3.8, 4) is 0 Å². The lowest BCUT2D eigenvalue weighted by atomic mass is 10.0.